The Bertz CT molecular complexity index is 241. The average Bonchev–Trinajstić information content (AvgIpc) is 2.39. The van der Waals surface area contributed by atoms with Crippen molar-refractivity contribution in [2.45, 2.75) is 18.9 Å². The highest BCUT2D eigenvalue weighted by atomic mass is 16.5. The smallest absolute Gasteiger partial charge is 0.410 e. The zero-order valence-electron chi connectivity index (χ0n) is 9.74. The third-order valence-corrected chi connectivity index (χ3v) is 3.46. The Labute approximate surface area is 96.5 Å². The quantitative estimate of drug-likeness (QED) is 0.670. The van der Waals surface area contributed by atoms with Crippen molar-refractivity contribution in [3.05, 3.63) is 6.54 Å². The highest BCUT2D eigenvalue weighted by molar-refractivity contribution is 5.69. The number of piperazine rings is 1. The van der Waals surface area contributed by atoms with Crippen LogP contribution in [0.4, 0.5) is 4.79 Å². The van der Waals surface area contributed by atoms with E-state index in [0.29, 0.717) is 5.92 Å². The number of carbonyl (C=O) groups is 1. The topological polar surface area (TPSA) is 53.6 Å². The summed E-state index contributed by atoms with van der Waals surface area (Å²) in [4.78, 5) is 13.4. The molecule has 2 rings (SSSR count). The van der Waals surface area contributed by atoms with Gasteiger partial charge in [-0.05, 0) is 31.8 Å². The van der Waals surface area contributed by atoms with Crippen LogP contribution in [0.5, 0.6) is 0 Å². The van der Waals surface area contributed by atoms with Crippen molar-refractivity contribution in [3.8, 4) is 0 Å². The summed E-state index contributed by atoms with van der Waals surface area (Å²) in [5.74, 6) is 0.574. The van der Waals surface area contributed by atoms with Gasteiger partial charge in [-0.1, -0.05) is 0 Å². The maximum absolute atomic E-state index is 11.6. The van der Waals surface area contributed by atoms with Crippen molar-refractivity contribution in [2.24, 2.45) is 5.92 Å². The van der Waals surface area contributed by atoms with Gasteiger partial charge in [0, 0.05) is 13.1 Å². The standard InChI is InChI=1S/C11H20N3O2/c1-16-11(15)14-7-6-13-8-10(14)9-2-4-12-5-3-9/h7,9-10,12-13H,2-6,8H2,1H3. The summed E-state index contributed by atoms with van der Waals surface area (Å²) in [5.41, 5.74) is 0. The van der Waals surface area contributed by atoms with Crippen molar-refractivity contribution in [1.82, 2.24) is 15.5 Å². The van der Waals surface area contributed by atoms with Crippen LogP contribution in [-0.2, 0) is 4.74 Å². The van der Waals surface area contributed by atoms with Crippen molar-refractivity contribution < 1.29 is 9.53 Å². The molecule has 1 amide bonds. The zero-order chi connectivity index (χ0) is 11.4. The predicted molar refractivity (Wildman–Crippen MR) is 60.8 cm³/mol. The molecule has 0 aromatic rings. The van der Waals surface area contributed by atoms with Gasteiger partial charge in [0.1, 0.15) is 0 Å². The first-order chi connectivity index (χ1) is 7.83. The summed E-state index contributed by atoms with van der Waals surface area (Å²) in [6.45, 7) is 5.63. The minimum absolute atomic E-state index is 0.231. The molecule has 2 N–H and O–H groups in total. The Balaban J connectivity index is 2.00. The maximum Gasteiger partial charge on any atom is 0.410 e. The molecule has 0 bridgehead atoms. The van der Waals surface area contributed by atoms with E-state index < -0.39 is 0 Å². The Morgan fingerprint density at radius 3 is 2.81 bits per heavy atom. The van der Waals surface area contributed by atoms with E-state index in [-0.39, 0.29) is 12.1 Å². The van der Waals surface area contributed by atoms with Gasteiger partial charge in [-0.15, -0.1) is 0 Å². The van der Waals surface area contributed by atoms with Crippen molar-refractivity contribution >= 4 is 6.09 Å². The lowest BCUT2D eigenvalue weighted by Crippen LogP contribution is -2.55. The molecule has 2 aliphatic heterocycles. The lowest BCUT2D eigenvalue weighted by Gasteiger charge is -2.40. The Hall–Kier alpha value is -0.810. The molecule has 0 aromatic heterocycles. The van der Waals surface area contributed by atoms with E-state index in [1.54, 1.807) is 4.90 Å². The van der Waals surface area contributed by atoms with Crippen LogP contribution in [0.25, 0.3) is 0 Å². The molecule has 2 saturated heterocycles. The number of hydrogen-bond donors (Lipinski definition) is 2. The van der Waals surface area contributed by atoms with Gasteiger partial charge >= 0.3 is 6.09 Å². The number of piperidine rings is 1. The average molecular weight is 226 g/mol. The fourth-order valence-corrected chi connectivity index (χ4v) is 2.57. The van der Waals surface area contributed by atoms with Gasteiger partial charge in [0.25, 0.3) is 0 Å². The summed E-state index contributed by atoms with van der Waals surface area (Å²) in [7, 11) is 1.44. The van der Waals surface area contributed by atoms with Gasteiger partial charge in [-0.2, -0.15) is 0 Å². The minimum Gasteiger partial charge on any atom is -0.453 e. The maximum atomic E-state index is 11.6. The molecule has 1 atom stereocenters. The van der Waals surface area contributed by atoms with Gasteiger partial charge in [-0.3, -0.25) is 4.90 Å². The van der Waals surface area contributed by atoms with E-state index in [4.69, 9.17) is 4.74 Å². The second-order valence-electron chi connectivity index (χ2n) is 4.37. The monoisotopic (exact) mass is 226 g/mol. The van der Waals surface area contributed by atoms with E-state index in [9.17, 15) is 4.79 Å². The first-order valence-electron chi connectivity index (χ1n) is 5.94. The molecule has 0 saturated carbocycles. The summed E-state index contributed by atoms with van der Waals surface area (Å²) >= 11 is 0. The van der Waals surface area contributed by atoms with Crippen molar-refractivity contribution in [2.75, 3.05) is 33.3 Å². The summed E-state index contributed by atoms with van der Waals surface area (Å²) in [6, 6.07) is 0.253. The molecule has 0 spiro atoms. The van der Waals surface area contributed by atoms with Crippen LogP contribution in [0, 0.1) is 12.5 Å². The highest BCUT2D eigenvalue weighted by Gasteiger charge is 2.34. The largest absolute Gasteiger partial charge is 0.453 e. The van der Waals surface area contributed by atoms with E-state index >= 15 is 0 Å². The predicted octanol–water partition coefficient (Wildman–Crippen LogP) is 0.188. The number of rotatable bonds is 1. The van der Waals surface area contributed by atoms with Gasteiger partial charge in [0.2, 0.25) is 0 Å². The summed E-state index contributed by atoms with van der Waals surface area (Å²) in [6.07, 6.45) is 2.03. The molecule has 1 unspecified atom stereocenters. The van der Waals surface area contributed by atoms with E-state index in [2.05, 4.69) is 10.6 Å². The van der Waals surface area contributed by atoms with E-state index in [1.807, 2.05) is 6.54 Å². The normalized spacial score (nSPS) is 27.8. The number of nitrogens with zero attached hydrogens (tertiary/aromatic N) is 1. The summed E-state index contributed by atoms with van der Waals surface area (Å²) in [5, 5.41) is 6.66. The highest BCUT2D eigenvalue weighted by Crippen LogP contribution is 2.23. The fraction of sp³-hybridized carbons (Fsp3) is 0.818. The molecule has 16 heavy (non-hydrogen) atoms. The zero-order valence-corrected chi connectivity index (χ0v) is 9.74. The number of nitrogens with one attached hydrogen (secondary N) is 2. The lowest BCUT2D eigenvalue weighted by atomic mass is 9.88. The van der Waals surface area contributed by atoms with Crippen molar-refractivity contribution in [3.63, 3.8) is 0 Å². The second-order valence-corrected chi connectivity index (χ2v) is 4.37. The summed E-state index contributed by atoms with van der Waals surface area (Å²) < 4.78 is 4.82. The first kappa shape index (κ1) is 11.7. The lowest BCUT2D eigenvalue weighted by molar-refractivity contribution is 0.0853. The van der Waals surface area contributed by atoms with Crippen LogP contribution >= 0.6 is 0 Å². The molecular formula is C11H20N3O2. The molecule has 0 aliphatic carbocycles. The first-order valence-corrected chi connectivity index (χ1v) is 5.94. The van der Waals surface area contributed by atoms with Crippen LogP contribution in [-0.4, -0.2) is 50.3 Å². The molecule has 2 fully saturated rings. The van der Waals surface area contributed by atoms with E-state index in [1.165, 1.54) is 7.11 Å². The second kappa shape index (κ2) is 5.50. The molecule has 5 nitrogen and oxygen atoms in total. The number of ether oxygens (including phenoxy) is 1. The molecule has 5 heteroatoms. The Morgan fingerprint density at radius 1 is 1.38 bits per heavy atom. The third kappa shape index (κ3) is 2.47. The number of carbonyl (C=O) groups excluding carboxylic acids is 1. The number of methoxy groups -OCH3 is 1. The Morgan fingerprint density at radius 2 is 2.12 bits per heavy atom. The molecule has 0 aromatic carbocycles. The third-order valence-electron chi connectivity index (χ3n) is 3.46. The molecule has 2 heterocycles. The molecule has 91 valence electrons. The Kier molecular flexibility index (Phi) is 4.01. The molecular weight excluding hydrogens is 206 g/mol. The van der Waals surface area contributed by atoms with Gasteiger partial charge in [0.15, 0.2) is 0 Å². The van der Waals surface area contributed by atoms with Gasteiger partial charge in [0.05, 0.1) is 19.7 Å². The number of amides is 1. The van der Waals surface area contributed by atoms with E-state index in [0.717, 1.165) is 39.0 Å². The van der Waals surface area contributed by atoms with Crippen LogP contribution in [0.3, 0.4) is 0 Å². The van der Waals surface area contributed by atoms with Gasteiger partial charge < -0.3 is 15.4 Å². The van der Waals surface area contributed by atoms with Crippen LogP contribution in [0.1, 0.15) is 12.8 Å². The minimum atomic E-state index is -0.231. The van der Waals surface area contributed by atoms with Crippen LogP contribution in [0.2, 0.25) is 0 Å². The molecule has 2 aliphatic rings. The SMILES string of the molecule is COC(=O)N1[CH]CNCC1C1CCNCC1. The number of hydrogen-bond acceptors (Lipinski definition) is 4. The fourth-order valence-electron chi connectivity index (χ4n) is 2.57. The van der Waals surface area contributed by atoms with Gasteiger partial charge in [-0.25, -0.2) is 4.79 Å². The van der Waals surface area contributed by atoms with Crippen molar-refractivity contribution in [1.29, 1.82) is 0 Å². The van der Waals surface area contributed by atoms with Crippen LogP contribution < -0.4 is 10.6 Å². The van der Waals surface area contributed by atoms with Crippen LogP contribution in [0.15, 0.2) is 0 Å². The molecule has 1 radical (unpaired) electrons.